The number of hydrogen-bond acceptors (Lipinski definition) is 6. The van der Waals surface area contributed by atoms with Crippen LogP contribution in [0, 0.1) is 0 Å². The fourth-order valence-electron chi connectivity index (χ4n) is 2.44. The lowest BCUT2D eigenvalue weighted by Crippen LogP contribution is -2.40. The van der Waals surface area contributed by atoms with Crippen molar-refractivity contribution >= 4 is 21.2 Å². The topological polar surface area (TPSA) is 59.5 Å². The number of benzene rings is 1. The predicted molar refractivity (Wildman–Crippen MR) is 85.7 cm³/mol. The van der Waals surface area contributed by atoms with Crippen molar-refractivity contribution in [3.8, 4) is 0 Å². The smallest absolute Gasteiger partial charge is 0.179 e. The molecule has 0 bridgehead atoms. The molecular weight excluding hydrogens is 320 g/mol. The minimum absolute atomic E-state index is 0.0480. The van der Waals surface area contributed by atoms with Gasteiger partial charge in [0.15, 0.2) is 9.84 Å². The summed E-state index contributed by atoms with van der Waals surface area (Å²) in [4.78, 5) is 6.80. The Morgan fingerprint density at radius 1 is 1.32 bits per heavy atom. The molecule has 0 aliphatic carbocycles. The highest BCUT2D eigenvalue weighted by molar-refractivity contribution is 7.91. The second kappa shape index (κ2) is 6.87. The molecule has 2 aromatic rings. The van der Waals surface area contributed by atoms with Crippen LogP contribution in [0.3, 0.4) is 0 Å². The van der Waals surface area contributed by atoms with Crippen molar-refractivity contribution in [3.63, 3.8) is 0 Å². The van der Waals surface area contributed by atoms with Crippen LogP contribution >= 0.6 is 11.3 Å². The van der Waals surface area contributed by atoms with Crippen LogP contribution in [0.4, 0.5) is 0 Å². The lowest BCUT2D eigenvalue weighted by molar-refractivity contribution is -0.0280. The predicted octanol–water partition coefficient (Wildman–Crippen LogP) is 1.99. The first-order chi connectivity index (χ1) is 10.6. The maximum Gasteiger partial charge on any atom is 0.179 e. The van der Waals surface area contributed by atoms with Gasteiger partial charge in [-0.05, 0) is 12.1 Å². The Balaban J connectivity index is 1.59. The second-order valence-electron chi connectivity index (χ2n) is 5.16. The zero-order chi connectivity index (χ0) is 15.4. The summed E-state index contributed by atoms with van der Waals surface area (Å²) in [6.45, 7) is 2.57. The van der Waals surface area contributed by atoms with Crippen LogP contribution in [0.2, 0.25) is 0 Å². The number of morpholine rings is 1. The molecule has 0 amide bonds. The molecule has 1 aromatic heterocycles. The zero-order valence-corrected chi connectivity index (χ0v) is 13.7. The number of sulfone groups is 1. The monoisotopic (exact) mass is 338 g/mol. The van der Waals surface area contributed by atoms with Gasteiger partial charge in [-0.25, -0.2) is 13.4 Å². The fraction of sp³-hybridized carbons (Fsp3) is 0.400. The lowest BCUT2D eigenvalue weighted by atomic mass is 10.3. The second-order valence-corrected chi connectivity index (χ2v) is 8.20. The van der Waals surface area contributed by atoms with E-state index in [0.29, 0.717) is 24.6 Å². The van der Waals surface area contributed by atoms with E-state index in [9.17, 15) is 8.42 Å². The molecule has 22 heavy (non-hydrogen) atoms. The van der Waals surface area contributed by atoms with Crippen molar-refractivity contribution in [1.29, 1.82) is 0 Å². The Kier molecular flexibility index (Phi) is 4.87. The van der Waals surface area contributed by atoms with Crippen molar-refractivity contribution in [3.05, 3.63) is 46.9 Å². The number of thiazole rings is 1. The molecule has 0 spiro atoms. The van der Waals surface area contributed by atoms with Gasteiger partial charge in [0.25, 0.3) is 0 Å². The van der Waals surface area contributed by atoms with Gasteiger partial charge in [-0.3, -0.25) is 4.90 Å². The Labute approximate surface area is 134 Å². The standard InChI is InChI=1S/C15H18N2O3S2/c18-22(19,13-4-2-1-3-5-13)11-8-17-7-9-20-14(12-17)15-16-6-10-21-15/h1-6,10,14H,7-9,11-12H2. The van der Waals surface area contributed by atoms with E-state index < -0.39 is 9.84 Å². The van der Waals surface area contributed by atoms with E-state index in [1.807, 2.05) is 11.4 Å². The van der Waals surface area contributed by atoms with Gasteiger partial charge in [-0.15, -0.1) is 11.3 Å². The first-order valence-corrected chi connectivity index (χ1v) is 9.69. The highest BCUT2D eigenvalue weighted by Crippen LogP contribution is 2.24. The van der Waals surface area contributed by atoms with E-state index in [2.05, 4.69) is 9.88 Å². The van der Waals surface area contributed by atoms with Crippen LogP contribution in [-0.2, 0) is 14.6 Å². The van der Waals surface area contributed by atoms with Crippen molar-refractivity contribution in [2.24, 2.45) is 0 Å². The van der Waals surface area contributed by atoms with Crippen LogP contribution in [0.5, 0.6) is 0 Å². The summed E-state index contributed by atoms with van der Waals surface area (Å²) in [7, 11) is -3.23. The van der Waals surface area contributed by atoms with Gasteiger partial charge in [0.2, 0.25) is 0 Å². The molecule has 1 aromatic carbocycles. The third-order valence-corrected chi connectivity index (χ3v) is 6.23. The third kappa shape index (κ3) is 3.73. The number of aromatic nitrogens is 1. The molecule has 1 saturated heterocycles. The van der Waals surface area contributed by atoms with Gasteiger partial charge in [0, 0.05) is 31.2 Å². The highest BCUT2D eigenvalue weighted by atomic mass is 32.2. The van der Waals surface area contributed by atoms with Crippen molar-refractivity contribution in [1.82, 2.24) is 9.88 Å². The minimum Gasteiger partial charge on any atom is -0.368 e. The highest BCUT2D eigenvalue weighted by Gasteiger charge is 2.25. The van der Waals surface area contributed by atoms with Gasteiger partial charge in [0.1, 0.15) is 11.1 Å². The minimum atomic E-state index is -3.23. The normalized spacial score (nSPS) is 20.1. The average Bonchev–Trinajstić information content (AvgIpc) is 3.09. The molecule has 1 aliphatic rings. The SMILES string of the molecule is O=S(=O)(CCN1CCOC(c2nccs2)C1)c1ccccc1. The summed E-state index contributed by atoms with van der Waals surface area (Å²) >= 11 is 1.57. The molecule has 1 aliphatic heterocycles. The summed E-state index contributed by atoms with van der Waals surface area (Å²) in [5.74, 6) is 0.127. The van der Waals surface area contributed by atoms with Crippen LogP contribution in [0.15, 0.2) is 46.8 Å². The molecule has 118 valence electrons. The number of ether oxygens (including phenoxy) is 1. The van der Waals surface area contributed by atoms with Gasteiger partial charge >= 0.3 is 0 Å². The van der Waals surface area contributed by atoms with Crippen molar-refractivity contribution in [2.75, 3.05) is 32.0 Å². The van der Waals surface area contributed by atoms with Gasteiger partial charge in [-0.2, -0.15) is 0 Å². The molecule has 3 rings (SSSR count). The summed E-state index contributed by atoms with van der Waals surface area (Å²) in [5, 5.41) is 2.88. The molecule has 0 saturated carbocycles. The number of nitrogens with zero attached hydrogens (tertiary/aromatic N) is 2. The number of rotatable bonds is 5. The molecule has 1 atom stereocenters. The molecule has 7 heteroatoms. The quantitative estimate of drug-likeness (QED) is 0.834. The largest absolute Gasteiger partial charge is 0.368 e. The Hall–Kier alpha value is -1.28. The van der Waals surface area contributed by atoms with Crippen molar-refractivity contribution in [2.45, 2.75) is 11.0 Å². The molecule has 5 nitrogen and oxygen atoms in total. The summed E-state index contributed by atoms with van der Waals surface area (Å²) in [6.07, 6.45) is 1.72. The fourth-order valence-corrected chi connectivity index (χ4v) is 4.43. The Morgan fingerprint density at radius 3 is 2.86 bits per heavy atom. The van der Waals surface area contributed by atoms with Gasteiger partial charge < -0.3 is 4.74 Å². The lowest BCUT2D eigenvalue weighted by Gasteiger charge is -2.31. The van der Waals surface area contributed by atoms with E-state index >= 15 is 0 Å². The van der Waals surface area contributed by atoms with Crippen LogP contribution in [-0.4, -0.2) is 50.3 Å². The average molecular weight is 338 g/mol. The Bertz CT molecular complexity index is 687. The summed E-state index contributed by atoms with van der Waals surface area (Å²) in [6, 6.07) is 8.61. The molecule has 1 unspecified atom stereocenters. The maximum atomic E-state index is 12.3. The van der Waals surface area contributed by atoms with Crippen LogP contribution in [0.1, 0.15) is 11.1 Å². The van der Waals surface area contributed by atoms with E-state index in [0.717, 1.165) is 11.6 Å². The first kappa shape index (κ1) is 15.6. The summed E-state index contributed by atoms with van der Waals surface area (Å²) in [5.41, 5.74) is 0. The molecule has 0 N–H and O–H groups in total. The van der Waals surface area contributed by atoms with Crippen molar-refractivity contribution < 1.29 is 13.2 Å². The number of hydrogen-bond donors (Lipinski definition) is 0. The maximum absolute atomic E-state index is 12.3. The third-order valence-electron chi connectivity index (χ3n) is 3.66. The molecule has 0 radical (unpaired) electrons. The van der Waals surface area contributed by atoms with E-state index in [4.69, 9.17) is 4.74 Å². The van der Waals surface area contributed by atoms with E-state index in [1.165, 1.54) is 0 Å². The Morgan fingerprint density at radius 2 is 2.14 bits per heavy atom. The molecule has 1 fully saturated rings. The zero-order valence-electron chi connectivity index (χ0n) is 12.1. The molecular formula is C15H18N2O3S2. The molecule has 2 heterocycles. The van der Waals surface area contributed by atoms with Crippen LogP contribution in [0.25, 0.3) is 0 Å². The van der Waals surface area contributed by atoms with E-state index in [-0.39, 0.29) is 11.9 Å². The van der Waals surface area contributed by atoms with Gasteiger partial charge in [-0.1, -0.05) is 18.2 Å². The van der Waals surface area contributed by atoms with Gasteiger partial charge in [0.05, 0.1) is 17.3 Å². The first-order valence-electron chi connectivity index (χ1n) is 7.16. The van der Waals surface area contributed by atoms with Crippen LogP contribution < -0.4 is 0 Å². The van der Waals surface area contributed by atoms with E-state index in [1.54, 1.807) is 41.8 Å². The summed E-state index contributed by atoms with van der Waals surface area (Å²) < 4.78 is 30.4.